The third-order valence-electron chi connectivity index (χ3n) is 4.10. The Balaban J connectivity index is 1.80. The fourth-order valence-corrected chi connectivity index (χ4v) is 4.49. The molecule has 1 heterocycles. The number of hydrogen-bond donors (Lipinski definition) is 1. The van der Waals surface area contributed by atoms with E-state index in [1.807, 2.05) is 0 Å². The van der Waals surface area contributed by atoms with Gasteiger partial charge in [0.1, 0.15) is 0 Å². The number of fused-ring (bicyclic) bond motifs is 1. The van der Waals surface area contributed by atoms with Gasteiger partial charge in [0.25, 0.3) is 0 Å². The normalized spacial score (nSPS) is 12.9. The number of nitrogens with two attached hydrogens (primary N) is 1. The van der Waals surface area contributed by atoms with E-state index in [9.17, 15) is 0 Å². The SMILES string of the molecule is CCCCCCCCCC(N)c1csc2c(Br)cccc12. The number of benzene rings is 1. The third kappa shape index (κ3) is 4.80. The minimum absolute atomic E-state index is 0.184. The molecule has 1 nitrogen and oxygen atoms in total. The Hall–Kier alpha value is -0.380. The van der Waals surface area contributed by atoms with Gasteiger partial charge in [-0.05, 0) is 44.7 Å². The van der Waals surface area contributed by atoms with Crippen molar-refractivity contribution in [3.8, 4) is 0 Å². The van der Waals surface area contributed by atoms with Crippen LogP contribution in [0.2, 0.25) is 0 Å². The zero-order valence-electron chi connectivity index (χ0n) is 12.9. The van der Waals surface area contributed by atoms with Crippen molar-refractivity contribution in [1.82, 2.24) is 0 Å². The van der Waals surface area contributed by atoms with E-state index in [1.54, 1.807) is 11.3 Å². The highest BCUT2D eigenvalue weighted by molar-refractivity contribution is 9.10. The van der Waals surface area contributed by atoms with Crippen LogP contribution in [0.15, 0.2) is 28.1 Å². The lowest BCUT2D eigenvalue weighted by molar-refractivity contribution is 0.543. The molecule has 3 heteroatoms. The highest BCUT2D eigenvalue weighted by Gasteiger charge is 2.12. The summed E-state index contributed by atoms with van der Waals surface area (Å²) in [6.07, 6.45) is 10.5. The van der Waals surface area contributed by atoms with Crippen LogP contribution in [-0.4, -0.2) is 0 Å². The average Bonchev–Trinajstić information content (AvgIpc) is 2.91. The van der Waals surface area contributed by atoms with Gasteiger partial charge in [0.2, 0.25) is 0 Å². The van der Waals surface area contributed by atoms with Gasteiger partial charge in [-0.1, -0.05) is 64.0 Å². The van der Waals surface area contributed by atoms with Crippen LogP contribution in [0.1, 0.15) is 69.9 Å². The maximum absolute atomic E-state index is 6.41. The first-order valence-corrected chi connectivity index (χ1v) is 9.82. The van der Waals surface area contributed by atoms with Crippen molar-refractivity contribution in [1.29, 1.82) is 0 Å². The Labute approximate surface area is 141 Å². The Morgan fingerprint density at radius 2 is 1.81 bits per heavy atom. The summed E-state index contributed by atoms with van der Waals surface area (Å²) in [6, 6.07) is 6.58. The first-order chi connectivity index (χ1) is 10.2. The third-order valence-corrected chi connectivity index (χ3v) is 6.07. The molecule has 0 bridgehead atoms. The maximum atomic E-state index is 6.41. The minimum Gasteiger partial charge on any atom is -0.324 e. The van der Waals surface area contributed by atoms with Crippen LogP contribution in [0.3, 0.4) is 0 Å². The van der Waals surface area contributed by atoms with Crippen LogP contribution in [0.5, 0.6) is 0 Å². The molecule has 2 rings (SSSR count). The largest absolute Gasteiger partial charge is 0.324 e. The van der Waals surface area contributed by atoms with E-state index in [-0.39, 0.29) is 6.04 Å². The molecule has 1 atom stereocenters. The molecule has 0 saturated heterocycles. The first-order valence-electron chi connectivity index (χ1n) is 8.15. The summed E-state index contributed by atoms with van der Waals surface area (Å²) in [5, 5.41) is 3.56. The van der Waals surface area contributed by atoms with Crippen molar-refractivity contribution in [3.63, 3.8) is 0 Å². The molecule has 0 aliphatic carbocycles. The van der Waals surface area contributed by atoms with Gasteiger partial charge < -0.3 is 5.73 Å². The summed E-state index contributed by atoms with van der Waals surface area (Å²) in [4.78, 5) is 0. The topological polar surface area (TPSA) is 26.0 Å². The van der Waals surface area contributed by atoms with E-state index >= 15 is 0 Å². The van der Waals surface area contributed by atoms with Crippen LogP contribution in [0, 0.1) is 0 Å². The summed E-state index contributed by atoms with van der Waals surface area (Å²) < 4.78 is 2.50. The van der Waals surface area contributed by atoms with Crippen LogP contribution in [-0.2, 0) is 0 Å². The molecule has 1 aromatic heterocycles. The number of hydrogen-bond acceptors (Lipinski definition) is 2. The van der Waals surface area contributed by atoms with Gasteiger partial charge in [-0.15, -0.1) is 11.3 Å². The molecular weight excluding hydrogens is 342 g/mol. The Kier molecular flexibility index (Phi) is 7.21. The lowest BCUT2D eigenvalue weighted by Crippen LogP contribution is -2.09. The van der Waals surface area contributed by atoms with Crippen molar-refractivity contribution in [2.75, 3.05) is 0 Å². The molecular formula is C18H26BrNS. The van der Waals surface area contributed by atoms with Crippen molar-refractivity contribution in [2.24, 2.45) is 5.73 Å². The second-order valence-corrected chi connectivity index (χ2v) is 7.56. The number of unbranched alkanes of at least 4 members (excludes halogenated alkanes) is 6. The molecule has 0 fully saturated rings. The summed E-state index contributed by atoms with van der Waals surface area (Å²) in [6.45, 7) is 2.27. The fraction of sp³-hybridized carbons (Fsp3) is 0.556. The van der Waals surface area contributed by atoms with Gasteiger partial charge >= 0.3 is 0 Å². The monoisotopic (exact) mass is 367 g/mol. The van der Waals surface area contributed by atoms with Gasteiger partial charge in [0, 0.05) is 15.2 Å². The predicted molar refractivity (Wildman–Crippen MR) is 99.1 cm³/mol. The van der Waals surface area contributed by atoms with Crippen molar-refractivity contribution < 1.29 is 0 Å². The highest BCUT2D eigenvalue weighted by atomic mass is 79.9. The quantitative estimate of drug-likeness (QED) is 0.484. The van der Waals surface area contributed by atoms with E-state index in [2.05, 4.69) is 46.4 Å². The summed E-state index contributed by atoms with van der Waals surface area (Å²) >= 11 is 5.42. The van der Waals surface area contributed by atoms with Gasteiger partial charge in [-0.25, -0.2) is 0 Å². The second-order valence-electron chi connectivity index (χ2n) is 5.82. The van der Waals surface area contributed by atoms with Gasteiger partial charge in [-0.2, -0.15) is 0 Å². The molecule has 0 radical (unpaired) electrons. The van der Waals surface area contributed by atoms with Crippen LogP contribution < -0.4 is 5.73 Å². The maximum Gasteiger partial charge on any atom is 0.0488 e. The Morgan fingerprint density at radius 3 is 2.57 bits per heavy atom. The fourth-order valence-electron chi connectivity index (χ4n) is 2.81. The minimum atomic E-state index is 0.184. The molecule has 116 valence electrons. The smallest absolute Gasteiger partial charge is 0.0488 e. The van der Waals surface area contributed by atoms with E-state index in [1.165, 1.54) is 65.1 Å². The number of thiophene rings is 1. The highest BCUT2D eigenvalue weighted by Crippen LogP contribution is 2.35. The number of rotatable bonds is 9. The molecule has 0 saturated carbocycles. The van der Waals surface area contributed by atoms with Gasteiger partial charge in [0.05, 0.1) is 0 Å². The molecule has 0 aliphatic rings. The van der Waals surface area contributed by atoms with E-state index in [0.29, 0.717) is 0 Å². The Bertz CT molecular complexity index is 549. The van der Waals surface area contributed by atoms with Gasteiger partial charge in [-0.3, -0.25) is 0 Å². The van der Waals surface area contributed by atoms with Crippen LogP contribution in [0.25, 0.3) is 10.1 Å². The second kappa shape index (κ2) is 8.92. The molecule has 0 spiro atoms. The Morgan fingerprint density at radius 1 is 1.10 bits per heavy atom. The standard InChI is InChI=1S/C18H26BrNS/c1-2-3-4-5-6-7-8-12-17(20)15-13-21-18-14(15)10-9-11-16(18)19/h9-11,13,17H,2-8,12,20H2,1H3. The van der Waals surface area contributed by atoms with E-state index < -0.39 is 0 Å². The van der Waals surface area contributed by atoms with Crippen LogP contribution in [0.4, 0.5) is 0 Å². The zero-order chi connectivity index (χ0) is 15.1. The van der Waals surface area contributed by atoms with Crippen molar-refractivity contribution in [2.45, 2.75) is 64.3 Å². The van der Waals surface area contributed by atoms with Crippen molar-refractivity contribution in [3.05, 3.63) is 33.6 Å². The molecule has 0 aliphatic heterocycles. The molecule has 2 N–H and O–H groups in total. The summed E-state index contributed by atoms with van der Waals surface area (Å²) in [5.74, 6) is 0. The first kappa shape index (κ1) is 17.0. The lowest BCUT2D eigenvalue weighted by Gasteiger charge is -2.11. The zero-order valence-corrected chi connectivity index (χ0v) is 15.3. The van der Waals surface area contributed by atoms with E-state index in [4.69, 9.17) is 5.73 Å². The predicted octanol–water partition coefficient (Wildman–Crippen LogP) is 6.80. The van der Waals surface area contributed by atoms with E-state index in [0.717, 1.165) is 6.42 Å². The van der Waals surface area contributed by atoms with Crippen molar-refractivity contribution >= 4 is 37.4 Å². The van der Waals surface area contributed by atoms with Crippen LogP contribution >= 0.6 is 27.3 Å². The molecule has 21 heavy (non-hydrogen) atoms. The lowest BCUT2D eigenvalue weighted by atomic mass is 10.00. The summed E-state index contributed by atoms with van der Waals surface area (Å²) in [7, 11) is 0. The molecule has 0 amide bonds. The van der Waals surface area contributed by atoms with Gasteiger partial charge in [0.15, 0.2) is 0 Å². The number of halogens is 1. The average molecular weight is 368 g/mol. The molecule has 2 aromatic rings. The molecule has 1 unspecified atom stereocenters. The molecule has 1 aromatic carbocycles. The summed E-state index contributed by atoms with van der Waals surface area (Å²) in [5.41, 5.74) is 7.73.